The number of likely N-dealkylation sites (tertiary alicyclic amines) is 1. The molecule has 0 amide bonds. The molecule has 1 unspecified atom stereocenters. The molecule has 0 radical (unpaired) electrons. The van der Waals surface area contributed by atoms with E-state index in [0.717, 1.165) is 18.6 Å². The first-order valence-corrected chi connectivity index (χ1v) is 7.40. The molecular weight excluding hydrogens is 279 g/mol. The normalized spacial score (nSPS) is 21.2. The van der Waals surface area contributed by atoms with Crippen LogP contribution in [0, 0.1) is 0 Å². The van der Waals surface area contributed by atoms with Gasteiger partial charge in [0.25, 0.3) is 0 Å². The molecule has 118 valence electrons. The first-order valence-electron chi connectivity index (χ1n) is 7.40. The van der Waals surface area contributed by atoms with Gasteiger partial charge in [0, 0.05) is 19.1 Å². The molecule has 1 aromatic rings. The van der Waals surface area contributed by atoms with E-state index in [1.807, 2.05) is 0 Å². The maximum absolute atomic E-state index is 12.8. The van der Waals surface area contributed by atoms with Gasteiger partial charge >= 0.3 is 6.18 Å². The van der Waals surface area contributed by atoms with Crippen LogP contribution in [0.15, 0.2) is 24.3 Å². The second-order valence-corrected chi connectivity index (χ2v) is 5.90. The predicted octanol–water partition coefficient (Wildman–Crippen LogP) is 3.79. The van der Waals surface area contributed by atoms with E-state index >= 15 is 0 Å². The van der Waals surface area contributed by atoms with E-state index in [1.54, 1.807) is 6.07 Å². The summed E-state index contributed by atoms with van der Waals surface area (Å²) in [5, 5.41) is 10.7. The fourth-order valence-electron chi connectivity index (χ4n) is 2.87. The van der Waals surface area contributed by atoms with Gasteiger partial charge in [0.15, 0.2) is 0 Å². The Morgan fingerprint density at radius 2 is 1.90 bits per heavy atom. The first-order chi connectivity index (χ1) is 9.76. The molecule has 0 aliphatic carbocycles. The Hall–Kier alpha value is -1.07. The van der Waals surface area contributed by atoms with Crippen molar-refractivity contribution in [3.05, 3.63) is 35.4 Å². The fraction of sp³-hybridized carbons (Fsp3) is 0.625. The Labute approximate surface area is 123 Å². The molecule has 1 aromatic carbocycles. The lowest BCUT2D eigenvalue weighted by atomic mass is 9.83. The van der Waals surface area contributed by atoms with Gasteiger partial charge in [0.1, 0.15) is 0 Å². The molecule has 5 heteroatoms. The zero-order valence-corrected chi connectivity index (χ0v) is 12.5. The second-order valence-electron chi connectivity index (χ2n) is 5.90. The van der Waals surface area contributed by atoms with Crippen LogP contribution in [0.5, 0.6) is 0 Å². The lowest BCUT2D eigenvalue weighted by Gasteiger charge is -2.41. The molecule has 1 heterocycles. The summed E-state index contributed by atoms with van der Waals surface area (Å²) in [5.41, 5.74) is -1.47. The van der Waals surface area contributed by atoms with Gasteiger partial charge in [-0.3, -0.25) is 0 Å². The van der Waals surface area contributed by atoms with Crippen LogP contribution in [-0.2, 0) is 11.8 Å². The van der Waals surface area contributed by atoms with Crippen molar-refractivity contribution < 1.29 is 18.3 Å². The van der Waals surface area contributed by atoms with Crippen LogP contribution in [0.25, 0.3) is 0 Å². The second kappa shape index (κ2) is 5.97. The monoisotopic (exact) mass is 301 g/mol. The molecule has 0 aromatic heterocycles. The molecule has 1 aliphatic heterocycles. The molecule has 2 nitrogen and oxygen atoms in total. The topological polar surface area (TPSA) is 23.5 Å². The molecule has 21 heavy (non-hydrogen) atoms. The summed E-state index contributed by atoms with van der Waals surface area (Å²) in [6.45, 7) is 5.66. The number of hydrogen-bond donors (Lipinski definition) is 1. The van der Waals surface area contributed by atoms with Crippen molar-refractivity contribution in [2.75, 3.05) is 13.1 Å². The van der Waals surface area contributed by atoms with E-state index in [0.29, 0.717) is 37.5 Å². The molecule has 0 saturated carbocycles. The maximum Gasteiger partial charge on any atom is 0.416 e. The van der Waals surface area contributed by atoms with Crippen LogP contribution < -0.4 is 0 Å². The van der Waals surface area contributed by atoms with Crippen molar-refractivity contribution in [3.63, 3.8) is 0 Å². The van der Waals surface area contributed by atoms with Crippen LogP contribution >= 0.6 is 0 Å². The Balaban J connectivity index is 2.15. The predicted molar refractivity (Wildman–Crippen MR) is 75.9 cm³/mol. The van der Waals surface area contributed by atoms with Gasteiger partial charge in [0.05, 0.1) is 11.2 Å². The van der Waals surface area contributed by atoms with Gasteiger partial charge < -0.3 is 10.0 Å². The Bertz CT molecular complexity index is 479. The highest BCUT2D eigenvalue weighted by molar-refractivity contribution is 5.30. The number of aliphatic hydroxyl groups is 1. The molecule has 2 rings (SSSR count). The van der Waals surface area contributed by atoms with E-state index in [4.69, 9.17) is 0 Å². The van der Waals surface area contributed by atoms with Crippen molar-refractivity contribution in [1.29, 1.82) is 0 Å². The van der Waals surface area contributed by atoms with Crippen molar-refractivity contribution in [2.45, 2.75) is 50.9 Å². The average Bonchev–Trinajstić information content (AvgIpc) is 2.46. The highest BCUT2D eigenvalue weighted by Crippen LogP contribution is 2.37. The fourth-order valence-corrected chi connectivity index (χ4v) is 2.87. The smallest absolute Gasteiger partial charge is 0.385 e. The third-order valence-corrected chi connectivity index (χ3v) is 4.57. The zero-order chi connectivity index (χ0) is 15.7. The maximum atomic E-state index is 12.8. The van der Waals surface area contributed by atoms with Gasteiger partial charge in [-0.1, -0.05) is 19.1 Å². The minimum atomic E-state index is -4.37. The Kier molecular flexibility index (Phi) is 4.63. The minimum absolute atomic E-state index is 0.376. The van der Waals surface area contributed by atoms with Crippen molar-refractivity contribution in [1.82, 2.24) is 4.90 Å². The summed E-state index contributed by atoms with van der Waals surface area (Å²) >= 11 is 0. The summed E-state index contributed by atoms with van der Waals surface area (Å²) in [7, 11) is 0. The van der Waals surface area contributed by atoms with Crippen molar-refractivity contribution in [2.24, 2.45) is 0 Å². The highest BCUT2D eigenvalue weighted by Gasteiger charge is 2.37. The van der Waals surface area contributed by atoms with Crippen LogP contribution in [0.1, 0.15) is 44.2 Å². The van der Waals surface area contributed by atoms with E-state index < -0.39 is 17.3 Å². The van der Waals surface area contributed by atoms with Gasteiger partial charge in [0.2, 0.25) is 0 Å². The molecule has 1 fully saturated rings. The molecule has 1 atom stereocenters. The number of nitrogens with zero attached hydrogens (tertiary/aromatic N) is 1. The molecule has 0 spiro atoms. The summed E-state index contributed by atoms with van der Waals surface area (Å²) in [6.07, 6.45) is -2.40. The Morgan fingerprint density at radius 3 is 2.43 bits per heavy atom. The third-order valence-electron chi connectivity index (χ3n) is 4.57. The number of piperidine rings is 1. The van der Waals surface area contributed by atoms with Gasteiger partial charge in [-0.05, 0) is 43.9 Å². The van der Waals surface area contributed by atoms with E-state index in [9.17, 15) is 18.3 Å². The Morgan fingerprint density at radius 1 is 1.29 bits per heavy atom. The number of benzene rings is 1. The minimum Gasteiger partial charge on any atom is -0.385 e. The van der Waals surface area contributed by atoms with E-state index in [2.05, 4.69) is 18.7 Å². The SMILES string of the molecule is CCC(C)N1CCC(O)(c2cccc(C(F)(F)F)c2)CC1. The lowest BCUT2D eigenvalue weighted by Crippen LogP contribution is -2.46. The van der Waals surface area contributed by atoms with Crippen molar-refractivity contribution in [3.8, 4) is 0 Å². The largest absolute Gasteiger partial charge is 0.416 e. The number of halogens is 3. The summed E-state index contributed by atoms with van der Waals surface area (Å²) in [6, 6.07) is 5.53. The van der Waals surface area contributed by atoms with Gasteiger partial charge in [-0.15, -0.1) is 0 Å². The van der Waals surface area contributed by atoms with Gasteiger partial charge in [-0.25, -0.2) is 0 Å². The van der Waals surface area contributed by atoms with Crippen molar-refractivity contribution >= 4 is 0 Å². The van der Waals surface area contributed by atoms with E-state index in [1.165, 1.54) is 6.07 Å². The zero-order valence-electron chi connectivity index (χ0n) is 12.5. The lowest BCUT2D eigenvalue weighted by molar-refractivity contribution is -0.137. The van der Waals surface area contributed by atoms with E-state index in [-0.39, 0.29) is 0 Å². The number of hydrogen-bond acceptors (Lipinski definition) is 2. The van der Waals surface area contributed by atoms with Crippen LogP contribution in [0.4, 0.5) is 13.2 Å². The average molecular weight is 301 g/mol. The first kappa shape index (κ1) is 16.3. The van der Waals surface area contributed by atoms with Crippen LogP contribution in [-0.4, -0.2) is 29.1 Å². The quantitative estimate of drug-likeness (QED) is 0.918. The van der Waals surface area contributed by atoms with Gasteiger partial charge in [-0.2, -0.15) is 13.2 Å². The summed E-state index contributed by atoms with van der Waals surface area (Å²) in [5.74, 6) is 0. The standard InChI is InChI=1S/C16H22F3NO/c1-3-12(2)20-9-7-15(21,8-10-20)13-5-4-6-14(11-13)16(17,18)19/h4-6,11-12,21H,3,7-10H2,1-2H3. The van der Waals surface area contributed by atoms with Crippen LogP contribution in [0.2, 0.25) is 0 Å². The molecular formula is C16H22F3NO. The molecule has 1 aliphatic rings. The summed E-state index contributed by atoms with van der Waals surface area (Å²) in [4.78, 5) is 2.28. The third kappa shape index (κ3) is 3.58. The molecule has 0 bridgehead atoms. The highest BCUT2D eigenvalue weighted by atomic mass is 19.4. The molecule has 1 saturated heterocycles. The molecule has 1 N–H and O–H groups in total. The number of alkyl halides is 3. The summed E-state index contributed by atoms with van der Waals surface area (Å²) < 4.78 is 38.4. The van der Waals surface area contributed by atoms with Crippen LogP contribution in [0.3, 0.4) is 0 Å². The number of rotatable bonds is 3.